The van der Waals surface area contributed by atoms with Crippen LogP contribution in [0, 0.1) is 0 Å². The number of aromatic nitrogens is 3. The number of rotatable bonds is 7. The van der Waals surface area contributed by atoms with E-state index in [1.807, 2.05) is 0 Å². The Hall–Kier alpha value is 0.880. The maximum atomic E-state index is 11.5. The van der Waals surface area contributed by atoms with Crippen molar-refractivity contribution in [3.8, 4) is 0 Å². The van der Waals surface area contributed by atoms with Crippen LogP contribution in [-0.4, -0.2) is 40.1 Å². The molecule has 0 aliphatic rings. The molecule has 0 spiro atoms. The number of hydrogen-bond donors (Lipinski definition) is 2. The number of fused-ring (bicyclic) bond motifs is 1. The van der Waals surface area contributed by atoms with Gasteiger partial charge in [-0.05, 0) is 6.16 Å². The molecule has 8 nitrogen and oxygen atoms in total. The first kappa shape index (κ1) is 22.9. The van der Waals surface area contributed by atoms with Crippen LogP contribution in [-0.2, 0) is 9.30 Å². The van der Waals surface area contributed by atoms with Crippen LogP contribution >= 0.6 is 19.4 Å². The van der Waals surface area contributed by atoms with Crippen LogP contribution in [0.25, 0.3) is 11.0 Å². The fourth-order valence-electron chi connectivity index (χ4n) is 1.53. The van der Waals surface area contributed by atoms with Gasteiger partial charge in [0.2, 0.25) is 0 Å². The van der Waals surface area contributed by atoms with Gasteiger partial charge in [-0.15, -0.1) is 11.8 Å². The van der Waals surface area contributed by atoms with Gasteiger partial charge in [0, 0.05) is 11.9 Å². The van der Waals surface area contributed by atoms with Crippen LogP contribution in [0.15, 0.2) is 22.2 Å². The van der Waals surface area contributed by atoms with Crippen molar-refractivity contribution in [1.29, 1.82) is 0 Å². The van der Waals surface area contributed by atoms with Crippen molar-refractivity contribution in [3.05, 3.63) is 22.9 Å². The molecule has 110 valence electrons. The number of hydrogen-bond acceptors (Lipinski definition) is 7. The van der Waals surface area contributed by atoms with Gasteiger partial charge < -0.3 is 29.1 Å². The molecular formula is C10H12N3Na2O5PS. The van der Waals surface area contributed by atoms with Crippen molar-refractivity contribution in [1.82, 2.24) is 15.0 Å². The van der Waals surface area contributed by atoms with E-state index in [1.54, 1.807) is 6.20 Å². The largest absolute Gasteiger partial charge is 1.00 e. The molecule has 0 atom stereocenters. The Kier molecular flexibility index (Phi) is 11.1. The first-order valence-corrected chi connectivity index (χ1v) is 8.45. The second-order valence-corrected chi connectivity index (χ2v) is 6.71. The van der Waals surface area contributed by atoms with Gasteiger partial charge in [-0.25, -0.2) is 4.98 Å². The number of ether oxygens (including phenoxy) is 1. The SMILES string of the molecule is O=c1[nH]cnc2c(SCCOCCP(=O)([O-])[O-])c[nH]c12.[Na+].[Na+]. The maximum Gasteiger partial charge on any atom is 1.00 e. The molecule has 2 rings (SSSR count). The molecule has 22 heavy (non-hydrogen) atoms. The standard InChI is InChI=1S/C10H14N3O5PS.2Na/c14-10-9-8(12-6-13-10)7(5-11-9)20-4-2-18-1-3-19(15,16)17;;/h5-6,11H,1-4H2,(H,12,13,14)(H2,15,16,17);;/q;2*+1/p-2. The second-order valence-electron chi connectivity index (χ2n) is 3.90. The van der Waals surface area contributed by atoms with Crippen molar-refractivity contribution in [2.45, 2.75) is 4.90 Å². The summed E-state index contributed by atoms with van der Waals surface area (Å²) in [6.45, 7) is 0.206. The van der Waals surface area contributed by atoms with Crippen LogP contribution in [0.2, 0.25) is 0 Å². The molecule has 0 aliphatic heterocycles. The third-order valence-corrected chi connectivity index (χ3v) is 4.15. The second kappa shape index (κ2) is 10.7. The van der Waals surface area contributed by atoms with Gasteiger partial charge in [0.15, 0.2) is 0 Å². The van der Waals surface area contributed by atoms with E-state index >= 15 is 0 Å². The molecule has 2 aromatic rings. The van der Waals surface area contributed by atoms with Gasteiger partial charge in [-0.3, -0.25) is 4.79 Å². The van der Waals surface area contributed by atoms with Gasteiger partial charge in [-0.2, -0.15) is 0 Å². The Bertz CT molecular complexity index is 688. The summed E-state index contributed by atoms with van der Waals surface area (Å²) in [5.41, 5.74) is 0.761. The van der Waals surface area contributed by atoms with E-state index in [-0.39, 0.29) is 71.3 Å². The Morgan fingerprint density at radius 1 is 1.27 bits per heavy atom. The minimum Gasteiger partial charge on any atom is -0.811 e. The Balaban J connectivity index is 0.00000220. The van der Waals surface area contributed by atoms with Crippen molar-refractivity contribution in [2.24, 2.45) is 0 Å². The first-order chi connectivity index (χ1) is 9.47. The molecule has 2 aromatic heterocycles. The number of nitrogens with zero attached hydrogens (tertiary/aromatic N) is 1. The van der Waals surface area contributed by atoms with Crippen LogP contribution in [0.4, 0.5) is 0 Å². The summed E-state index contributed by atoms with van der Waals surface area (Å²) in [5, 5.41) is 0. The Morgan fingerprint density at radius 3 is 2.68 bits per heavy atom. The zero-order valence-corrected chi connectivity index (χ0v) is 18.0. The molecule has 2 heterocycles. The molecule has 0 aliphatic carbocycles. The van der Waals surface area contributed by atoms with Gasteiger partial charge in [-0.1, -0.05) is 7.60 Å². The third kappa shape index (κ3) is 7.19. The fourth-order valence-corrected chi connectivity index (χ4v) is 2.73. The molecule has 0 saturated heterocycles. The van der Waals surface area contributed by atoms with Crippen LogP contribution < -0.4 is 74.5 Å². The minimum absolute atomic E-state index is 0. The molecule has 12 heteroatoms. The van der Waals surface area contributed by atoms with E-state index in [0.29, 0.717) is 23.4 Å². The van der Waals surface area contributed by atoms with Crippen molar-refractivity contribution >= 4 is 30.4 Å². The van der Waals surface area contributed by atoms with E-state index in [0.717, 1.165) is 4.90 Å². The minimum atomic E-state index is -4.49. The van der Waals surface area contributed by atoms with Crippen LogP contribution in [0.1, 0.15) is 0 Å². The smallest absolute Gasteiger partial charge is 0.811 e. The summed E-state index contributed by atoms with van der Waals surface area (Å²) < 4.78 is 15.4. The zero-order chi connectivity index (χ0) is 14.6. The maximum absolute atomic E-state index is 11.5. The molecule has 0 amide bonds. The summed E-state index contributed by atoms with van der Waals surface area (Å²) in [5.74, 6) is 0.559. The van der Waals surface area contributed by atoms with Gasteiger partial charge in [0.25, 0.3) is 5.56 Å². The summed E-state index contributed by atoms with van der Waals surface area (Å²) in [7, 11) is -4.49. The molecule has 0 unspecified atom stereocenters. The predicted molar refractivity (Wildman–Crippen MR) is 70.7 cm³/mol. The van der Waals surface area contributed by atoms with E-state index in [4.69, 9.17) is 4.74 Å². The average molecular weight is 363 g/mol. The molecule has 2 N–H and O–H groups in total. The number of H-pyrrole nitrogens is 2. The van der Waals surface area contributed by atoms with E-state index in [9.17, 15) is 19.1 Å². The Morgan fingerprint density at radius 2 is 2.00 bits per heavy atom. The van der Waals surface area contributed by atoms with Gasteiger partial charge in [0.05, 0.1) is 24.4 Å². The summed E-state index contributed by atoms with van der Waals surface area (Å²) in [6.07, 6.45) is 2.52. The zero-order valence-electron chi connectivity index (χ0n) is 12.3. The predicted octanol–water partition coefficient (Wildman–Crippen LogP) is -6.72. The number of thioether (sulfide) groups is 1. The molecular weight excluding hydrogens is 351 g/mol. The molecule has 0 saturated carbocycles. The topological polar surface area (TPSA) is 134 Å². The van der Waals surface area contributed by atoms with Gasteiger partial charge in [0.1, 0.15) is 11.0 Å². The summed E-state index contributed by atoms with van der Waals surface area (Å²) >= 11 is 1.43. The molecule has 0 radical (unpaired) electrons. The van der Waals surface area contributed by atoms with Crippen molar-refractivity contribution < 1.29 is 78.2 Å². The third-order valence-electron chi connectivity index (χ3n) is 2.43. The Labute approximate surface area is 174 Å². The first-order valence-electron chi connectivity index (χ1n) is 5.74. The van der Waals surface area contributed by atoms with Crippen molar-refractivity contribution in [2.75, 3.05) is 25.1 Å². The average Bonchev–Trinajstić information content (AvgIpc) is 2.77. The monoisotopic (exact) mass is 363 g/mol. The van der Waals surface area contributed by atoms with Crippen LogP contribution in [0.3, 0.4) is 0 Å². The molecule has 0 aromatic carbocycles. The fraction of sp³-hybridized carbons (Fsp3) is 0.400. The quantitative estimate of drug-likeness (QED) is 0.216. The summed E-state index contributed by atoms with van der Waals surface area (Å²) in [4.78, 5) is 42.4. The van der Waals surface area contributed by atoms with Gasteiger partial charge >= 0.3 is 59.1 Å². The van der Waals surface area contributed by atoms with E-state index in [2.05, 4.69) is 15.0 Å². The number of nitrogens with one attached hydrogen (secondary N) is 2. The van der Waals surface area contributed by atoms with Crippen LogP contribution in [0.5, 0.6) is 0 Å². The number of aromatic amines is 2. The van der Waals surface area contributed by atoms with Crippen molar-refractivity contribution in [3.63, 3.8) is 0 Å². The van der Waals surface area contributed by atoms with E-state index < -0.39 is 13.8 Å². The normalized spacial score (nSPS) is 11.0. The molecule has 0 bridgehead atoms. The van der Waals surface area contributed by atoms with E-state index in [1.165, 1.54) is 18.1 Å². The molecule has 0 fully saturated rings. The summed E-state index contributed by atoms with van der Waals surface area (Å²) in [6, 6.07) is 0.